The summed E-state index contributed by atoms with van der Waals surface area (Å²) in [7, 11) is -2.75. The predicted molar refractivity (Wildman–Crippen MR) is 109 cm³/mol. The highest BCUT2D eigenvalue weighted by atomic mass is 32.2. The van der Waals surface area contributed by atoms with Gasteiger partial charge >= 0.3 is 11.9 Å². The zero-order valence-corrected chi connectivity index (χ0v) is 18.8. The number of hydrogen-bond acceptors (Lipinski definition) is 10. The van der Waals surface area contributed by atoms with Crippen LogP contribution in [0.15, 0.2) is 33.0 Å². The molecule has 0 saturated carbocycles. The lowest BCUT2D eigenvalue weighted by atomic mass is 9.98. The van der Waals surface area contributed by atoms with Gasteiger partial charge in [0.25, 0.3) is 11.6 Å². The standard InChI is InChI=1S/C17H18N2O9S3/c1-9(20)28-6-10-7-30-16-17(27-2,15(24)19(16)13(10)14(22)23)18-11(21)8-31(25,26)12-4-3-5-29-12/h3-5,16H,6-8H2,1-2H3,(H,18,21)(H,22,23)/t16-,17+/m1/s1. The number of thiophene rings is 1. The summed E-state index contributed by atoms with van der Waals surface area (Å²) >= 11 is 2.05. The Morgan fingerprint density at radius 2 is 2.10 bits per heavy atom. The molecule has 0 unspecified atom stereocenters. The SMILES string of the molecule is CO[C@@]1(NC(=O)CS(=O)(=O)c2cccs2)C(=O)N2C(C(=O)O)=C(COC(C)=O)CS[C@@H]21. The number of carboxylic acid groups (broad SMARTS) is 1. The van der Waals surface area contributed by atoms with Crippen molar-refractivity contribution in [2.75, 3.05) is 25.2 Å². The number of methoxy groups -OCH3 is 1. The minimum atomic E-state index is -3.91. The van der Waals surface area contributed by atoms with Gasteiger partial charge in [0.2, 0.25) is 5.91 Å². The number of aliphatic carboxylic acids is 1. The molecular formula is C17H18N2O9S3. The Bertz CT molecular complexity index is 1060. The summed E-state index contributed by atoms with van der Waals surface area (Å²) in [6.45, 7) is 0.871. The summed E-state index contributed by atoms with van der Waals surface area (Å²) in [5.74, 6) is -4.65. The fourth-order valence-electron chi connectivity index (χ4n) is 3.17. The first-order valence-electron chi connectivity index (χ1n) is 8.70. The van der Waals surface area contributed by atoms with Crippen LogP contribution >= 0.6 is 23.1 Å². The van der Waals surface area contributed by atoms with Crippen LogP contribution in [0.1, 0.15) is 6.92 Å². The van der Waals surface area contributed by atoms with E-state index in [4.69, 9.17) is 9.47 Å². The lowest BCUT2D eigenvalue weighted by molar-refractivity contribution is -0.192. The molecule has 0 aliphatic carbocycles. The summed E-state index contributed by atoms with van der Waals surface area (Å²) in [6.07, 6.45) is 0. The number of carboxylic acids is 1. The largest absolute Gasteiger partial charge is 0.477 e. The van der Waals surface area contributed by atoms with Crippen molar-refractivity contribution < 1.29 is 42.2 Å². The van der Waals surface area contributed by atoms with Crippen molar-refractivity contribution in [1.82, 2.24) is 10.2 Å². The third kappa shape index (κ3) is 4.20. The molecule has 3 rings (SSSR count). The number of sulfone groups is 1. The van der Waals surface area contributed by atoms with Gasteiger partial charge in [-0.05, 0) is 11.4 Å². The summed E-state index contributed by atoms with van der Waals surface area (Å²) < 4.78 is 34.8. The highest BCUT2D eigenvalue weighted by Gasteiger charge is 2.66. The smallest absolute Gasteiger partial charge is 0.352 e. The maximum Gasteiger partial charge on any atom is 0.352 e. The average molecular weight is 491 g/mol. The first-order valence-corrected chi connectivity index (χ1v) is 12.3. The van der Waals surface area contributed by atoms with Gasteiger partial charge in [0, 0.05) is 25.4 Å². The third-order valence-electron chi connectivity index (χ3n) is 4.53. The molecule has 1 fully saturated rings. The van der Waals surface area contributed by atoms with Crippen molar-refractivity contribution in [3.63, 3.8) is 0 Å². The number of nitrogens with zero attached hydrogens (tertiary/aromatic N) is 1. The third-order valence-corrected chi connectivity index (χ3v) is 9.01. The number of fused-ring (bicyclic) bond motifs is 1. The molecule has 168 valence electrons. The molecule has 2 atom stereocenters. The van der Waals surface area contributed by atoms with E-state index in [1.165, 1.54) is 19.1 Å². The summed E-state index contributed by atoms with van der Waals surface area (Å²) in [5.41, 5.74) is -2.06. The number of carbonyl (C=O) groups is 4. The van der Waals surface area contributed by atoms with Gasteiger partial charge in [-0.1, -0.05) is 6.07 Å². The number of esters is 1. The molecule has 2 aliphatic rings. The number of β-lactam (4-membered cyclic amide) rings is 1. The van der Waals surface area contributed by atoms with E-state index in [9.17, 15) is 32.7 Å². The molecule has 1 saturated heterocycles. The lowest BCUT2D eigenvalue weighted by Crippen LogP contribution is -2.81. The minimum absolute atomic E-state index is 0.00827. The molecular weight excluding hydrogens is 472 g/mol. The number of thioether (sulfide) groups is 1. The molecule has 0 bridgehead atoms. The van der Waals surface area contributed by atoms with E-state index >= 15 is 0 Å². The zero-order valence-electron chi connectivity index (χ0n) is 16.3. The van der Waals surface area contributed by atoms with Crippen LogP contribution in [0.25, 0.3) is 0 Å². The highest BCUT2D eigenvalue weighted by molar-refractivity contribution is 8.00. The Hall–Kier alpha value is -2.42. The number of ether oxygens (including phenoxy) is 2. The highest BCUT2D eigenvalue weighted by Crippen LogP contribution is 2.46. The van der Waals surface area contributed by atoms with Gasteiger partial charge in [-0.2, -0.15) is 0 Å². The van der Waals surface area contributed by atoms with Crippen LogP contribution in [0.5, 0.6) is 0 Å². The van der Waals surface area contributed by atoms with E-state index in [1.54, 1.807) is 5.38 Å². The maximum absolute atomic E-state index is 12.9. The van der Waals surface area contributed by atoms with Gasteiger partial charge in [0.1, 0.15) is 27.6 Å². The van der Waals surface area contributed by atoms with Gasteiger partial charge in [-0.15, -0.1) is 23.1 Å². The van der Waals surface area contributed by atoms with Crippen LogP contribution in [0.2, 0.25) is 0 Å². The Labute approximate surface area is 185 Å². The molecule has 3 heterocycles. The average Bonchev–Trinajstić information content (AvgIpc) is 3.24. The van der Waals surface area contributed by atoms with E-state index in [0.29, 0.717) is 0 Å². The van der Waals surface area contributed by atoms with E-state index in [-0.39, 0.29) is 27.8 Å². The van der Waals surface area contributed by atoms with E-state index in [2.05, 4.69) is 5.32 Å². The predicted octanol–water partition coefficient (Wildman–Crippen LogP) is -0.202. The van der Waals surface area contributed by atoms with Gasteiger partial charge in [0.05, 0.1) is 0 Å². The molecule has 2 aliphatic heterocycles. The number of nitrogens with one attached hydrogen (secondary N) is 1. The van der Waals surface area contributed by atoms with Crippen LogP contribution < -0.4 is 5.32 Å². The normalized spacial score (nSPS) is 23.1. The van der Waals surface area contributed by atoms with Crippen molar-refractivity contribution >= 4 is 56.7 Å². The van der Waals surface area contributed by atoms with Crippen molar-refractivity contribution in [1.29, 1.82) is 0 Å². The van der Waals surface area contributed by atoms with Gasteiger partial charge in [-0.25, -0.2) is 13.2 Å². The fraction of sp³-hybridized carbons (Fsp3) is 0.412. The van der Waals surface area contributed by atoms with Gasteiger partial charge < -0.3 is 19.9 Å². The Balaban J connectivity index is 1.81. The Morgan fingerprint density at radius 3 is 2.65 bits per heavy atom. The summed E-state index contributed by atoms with van der Waals surface area (Å²) in [6, 6.07) is 2.90. The number of hydrogen-bond donors (Lipinski definition) is 2. The monoisotopic (exact) mass is 490 g/mol. The molecule has 14 heteroatoms. The van der Waals surface area contributed by atoms with Crippen molar-refractivity contribution in [3.05, 3.63) is 28.8 Å². The lowest BCUT2D eigenvalue weighted by Gasteiger charge is -2.55. The Morgan fingerprint density at radius 1 is 1.39 bits per heavy atom. The first kappa shape index (κ1) is 23.2. The molecule has 31 heavy (non-hydrogen) atoms. The van der Waals surface area contributed by atoms with Crippen LogP contribution in [-0.2, 0) is 38.5 Å². The fourth-order valence-corrected chi connectivity index (χ4v) is 6.81. The molecule has 1 aromatic rings. The van der Waals surface area contributed by atoms with Gasteiger partial charge in [0.15, 0.2) is 9.84 Å². The van der Waals surface area contributed by atoms with Crippen LogP contribution in [0.4, 0.5) is 0 Å². The molecule has 11 nitrogen and oxygen atoms in total. The zero-order chi connectivity index (χ0) is 23.0. The summed E-state index contributed by atoms with van der Waals surface area (Å²) in [5, 5.41) is 12.5. The van der Waals surface area contributed by atoms with E-state index in [1.807, 2.05) is 0 Å². The number of amides is 2. The van der Waals surface area contributed by atoms with Crippen molar-refractivity contribution in [3.8, 4) is 0 Å². The topological polar surface area (TPSA) is 156 Å². The van der Waals surface area contributed by atoms with Crippen molar-refractivity contribution in [2.45, 2.75) is 22.2 Å². The van der Waals surface area contributed by atoms with E-state index < -0.39 is 50.4 Å². The maximum atomic E-state index is 12.9. The minimum Gasteiger partial charge on any atom is -0.477 e. The molecule has 0 spiro atoms. The van der Waals surface area contributed by atoms with Crippen LogP contribution in [0.3, 0.4) is 0 Å². The second-order valence-electron chi connectivity index (χ2n) is 6.56. The number of rotatable bonds is 8. The molecule has 1 aromatic heterocycles. The van der Waals surface area contributed by atoms with Crippen molar-refractivity contribution in [2.24, 2.45) is 0 Å². The molecule has 2 amide bonds. The second kappa shape index (κ2) is 8.61. The second-order valence-corrected chi connectivity index (χ2v) is 10.8. The number of carbonyl (C=O) groups excluding carboxylic acids is 3. The first-order chi connectivity index (χ1) is 14.5. The molecule has 0 radical (unpaired) electrons. The molecule has 2 N–H and O–H groups in total. The molecule has 0 aromatic carbocycles. The van der Waals surface area contributed by atoms with Crippen LogP contribution in [0, 0.1) is 0 Å². The van der Waals surface area contributed by atoms with E-state index in [0.717, 1.165) is 35.1 Å². The van der Waals surface area contributed by atoms with Crippen LogP contribution in [-0.4, -0.2) is 78.5 Å². The quantitative estimate of drug-likeness (QED) is 0.284. The Kier molecular flexibility index (Phi) is 6.45. The van der Waals surface area contributed by atoms with Gasteiger partial charge in [-0.3, -0.25) is 19.3 Å². The summed E-state index contributed by atoms with van der Waals surface area (Å²) in [4.78, 5) is 49.1.